The average molecular weight is 278 g/mol. The number of aryl methyl sites for hydroxylation is 1. The topological polar surface area (TPSA) is 74.4 Å². The average Bonchev–Trinajstić information content (AvgIpc) is 2.26. The van der Waals surface area contributed by atoms with E-state index in [4.69, 9.17) is 5.73 Å². The summed E-state index contributed by atoms with van der Waals surface area (Å²) >= 11 is 0. The lowest BCUT2D eigenvalue weighted by Crippen LogP contribution is -2.20. The zero-order chi connectivity index (χ0) is 14.6. The molecule has 0 saturated heterocycles. The highest BCUT2D eigenvalue weighted by Crippen LogP contribution is 2.28. The lowest BCUT2D eigenvalue weighted by atomic mass is 10.1. The molecule has 1 heterocycles. The van der Waals surface area contributed by atoms with E-state index in [1.807, 2.05) is 0 Å². The number of hydrogen-bond donors (Lipinski definition) is 1. The van der Waals surface area contributed by atoms with Crippen LogP contribution in [0.5, 0.6) is 5.75 Å². The van der Waals surface area contributed by atoms with Gasteiger partial charge in [-0.1, -0.05) is 0 Å². The molecule has 1 aromatic rings. The molecular formula is C11H13F3N2O3. The van der Waals surface area contributed by atoms with Crippen LogP contribution < -0.4 is 10.5 Å². The molecule has 0 aromatic carbocycles. The lowest BCUT2D eigenvalue weighted by Gasteiger charge is -2.15. The van der Waals surface area contributed by atoms with E-state index in [0.29, 0.717) is 0 Å². The second-order valence-corrected chi connectivity index (χ2v) is 3.54. The van der Waals surface area contributed by atoms with Crippen molar-refractivity contribution in [3.8, 4) is 5.75 Å². The summed E-state index contributed by atoms with van der Waals surface area (Å²) in [6, 6.07) is 0.876. The van der Waals surface area contributed by atoms with E-state index in [1.165, 1.54) is 6.92 Å². The van der Waals surface area contributed by atoms with E-state index >= 15 is 0 Å². The second kappa shape index (κ2) is 5.87. The molecule has 8 heteroatoms. The Hall–Kier alpha value is -1.83. The van der Waals surface area contributed by atoms with Gasteiger partial charge in [-0.3, -0.25) is 0 Å². The van der Waals surface area contributed by atoms with Crippen LogP contribution in [0.15, 0.2) is 6.07 Å². The van der Waals surface area contributed by atoms with Gasteiger partial charge in [0.2, 0.25) is 0 Å². The van der Waals surface area contributed by atoms with Gasteiger partial charge in [-0.2, -0.15) is 0 Å². The number of hydrogen-bond acceptors (Lipinski definition) is 5. The van der Waals surface area contributed by atoms with Gasteiger partial charge in [0, 0.05) is 23.9 Å². The van der Waals surface area contributed by atoms with Crippen LogP contribution >= 0.6 is 0 Å². The van der Waals surface area contributed by atoms with Gasteiger partial charge >= 0.3 is 12.3 Å². The first kappa shape index (κ1) is 15.2. The number of carbonyl (C=O) groups is 1. The Bertz CT molecular complexity index is 475. The minimum Gasteiger partial charge on any atom is -0.461 e. The van der Waals surface area contributed by atoms with Crippen LogP contribution in [-0.4, -0.2) is 23.9 Å². The number of alkyl halides is 3. The van der Waals surface area contributed by atoms with E-state index in [2.05, 4.69) is 14.5 Å². The molecule has 5 nitrogen and oxygen atoms in total. The summed E-state index contributed by atoms with van der Waals surface area (Å²) in [6.45, 7) is 2.92. The molecule has 0 aliphatic carbocycles. The van der Waals surface area contributed by atoms with Gasteiger partial charge in [-0.05, 0) is 13.8 Å². The van der Waals surface area contributed by atoms with Crippen molar-refractivity contribution in [1.29, 1.82) is 0 Å². The van der Waals surface area contributed by atoms with Crippen molar-refractivity contribution >= 4 is 5.97 Å². The Balaban J connectivity index is 3.22. The van der Waals surface area contributed by atoms with Crippen molar-refractivity contribution in [2.75, 3.05) is 6.61 Å². The highest BCUT2D eigenvalue weighted by Gasteiger charge is 2.33. The van der Waals surface area contributed by atoms with Gasteiger partial charge < -0.3 is 15.2 Å². The van der Waals surface area contributed by atoms with E-state index in [0.717, 1.165) is 6.07 Å². The predicted octanol–water partition coefficient (Wildman–Crippen LogP) is 1.92. The van der Waals surface area contributed by atoms with Crippen molar-refractivity contribution in [1.82, 2.24) is 4.98 Å². The molecular weight excluding hydrogens is 265 g/mol. The Labute approximate surface area is 107 Å². The number of nitrogens with zero attached hydrogens (tertiary/aromatic N) is 1. The van der Waals surface area contributed by atoms with E-state index in [9.17, 15) is 18.0 Å². The molecule has 0 spiro atoms. The smallest absolute Gasteiger partial charge is 0.461 e. The Morgan fingerprint density at radius 2 is 2.11 bits per heavy atom. The molecule has 0 aliphatic rings. The highest BCUT2D eigenvalue weighted by molar-refractivity contribution is 5.87. The van der Waals surface area contributed by atoms with Gasteiger partial charge in [0.25, 0.3) is 0 Å². The summed E-state index contributed by atoms with van der Waals surface area (Å²) in [5.74, 6) is -1.35. The van der Waals surface area contributed by atoms with Crippen LogP contribution in [0.1, 0.15) is 28.7 Å². The molecule has 1 aromatic heterocycles. The van der Waals surface area contributed by atoms with Crippen LogP contribution in [0.3, 0.4) is 0 Å². The van der Waals surface area contributed by atoms with Crippen LogP contribution in [0.25, 0.3) is 0 Å². The van der Waals surface area contributed by atoms with Crippen LogP contribution in [0, 0.1) is 6.92 Å². The van der Waals surface area contributed by atoms with Gasteiger partial charge in [0.15, 0.2) is 5.69 Å². The highest BCUT2D eigenvalue weighted by atomic mass is 19.4. The lowest BCUT2D eigenvalue weighted by molar-refractivity contribution is -0.274. The van der Waals surface area contributed by atoms with Gasteiger partial charge in [0.1, 0.15) is 5.75 Å². The standard InChI is InChI=1S/C11H13F3N2O3/c1-3-18-10(17)8-4-9(19-11(12,13)14)7(5-15)6(2)16-8/h4H,3,5,15H2,1-2H3. The molecule has 0 unspecified atom stereocenters. The summed E-state index contributed by atoms with van der Waals surface area (Å²) in [4.78, 5) is 15.3. The van der Waals surface area contributed by atoms with Crippen LogP contribution in [-0.2, 0) is 11.3 Å². The van der Waals surface area contributed by atoms with Crippen LogP contribution in [0.4, 0.5) is 13.2 Å². The Kier molecular flexibility index (Phi) is 4.71. The maximum atomic E-state index is 12.3. The van der Waals surface area contributed by atoms with Crippen molar-refractivity contribution in [2.45, 2.75) is 26.8 Å². The molecule has 0 saturated carbocycles. The molecule has 0 fully saturated rings. The maximum Gasteiger partial charge on any atom is 0.573 e. The first-order valence-electron chi connectivity index (χ1n) is 5.42. The first-order chi connectivity index (χ1) is 8.78. The SMILES string of the molecule is CCOC(=O)c1cc(OC(F)(F)F)c(CN)c(C)n1. The third-order valence-electron chi connectivity index (χ3n) is 2.20. The van der Waals surface area contributed by atoms with Gasteiger partial charge in [-0.15, -0.1) is 13.2 Å². The number of carbonyl (C=O) groups excluding carboxylic acids is 1. The second-order valence-electron chi connectivity index (χ2n) is 3.54. The van der Waals surface area contributed by atoms with E-state index in [1.54, 1.807) is 6.92 Å². The summed E-state index contributed by atoms with van der Waals surface area (Å²) in [7, 11) is 0. The molecule has 106 valence electrons. The Morgan fingerprint density at radius 1 is 1.47 bits per heavy atom. The molecule has 0 atom stereocenters. The third-order valence-corrected chi connectivity index (χ3v) is 2.20. The molecule has 1 rings (SSSR count). The molecule has 19 heavy (non-hydrogen) atoms. The number of rotatable bonds is 4. The number of ether oxygens (including phenoxy) is 2. The zero-order valence-corrected chi connectivity index (χ0v) is 10.4. The minimum absolute atomic E-state index is 0.0883. The summed E-state index contributed by atoms with van der Waals surface area (Å²) in [6.07, 6.45) is -4.87. The third kappa shape index (κ3) is 4.09. The number of nitrogens with two attached hydrogens (primary N) is 1. The van der Waals surface area contributed by atoms with Crippen molar-refractivity contribution in [2.24, 2.45) is 5.73 Å². The number of aromatic nitrogens is 1. The fraction of sp³-hybridized carbons (Fsp3) is 0.455. The number of pyridine rings is 1. The van der Waals surface area contributed by atoms with E-state index in [-0.39, 0.29) is 30.1 Å². The zero-order valence-electron chi connectivity index (χ0n) is 10.4. The van der Waals surface area contributed by atoms with E-state index < -0.39 is 18.1 Å². The first-order valence-corrected chi connectivity index (χ1v) is 5.42. The minimum atomic E-state index is -4.87. The quantitative estimate of drug-likeness (QED) is 0.852. The fourth-order valence-electron chi connectivity index (χ4n) is 1.44. The molecule has 0 bridgehead atoms. The molecule has 0 amide bonds. The predicted molar refractivity (Wildman–Crippen MR) is 59.5 cm³/mol. The molecule has 2 N–H and O–H groups in total. The summed E-state index contributed by atoms with van der Waals surface area (Å²) in [5.41, 5.74) is 5.37. The number of esters is 1. The normalized spacial score (nSPS) is 11.3. The summed E-state index contributed by atoms with van der Waals surface area (Å²) in [5, 5.41) is 0. The Morgan fingerprint density at radius 3 is 2.58 bits per heavy atom. The van der Waals surface area contributed by atoms with Crippen molar-refractivity contribution in [3.63, 3.8) is 0 Å². The maximum absolute atomic E-state index is 12.3. The van der Waals surface area contributed by atoms with Gasteiger partial charge in [-0.25, -0.2) is 9.78 Å². The number of halogens is 3. The molecule has 0 aliphatic heterocycles. The van der Waals surface area contributed by atoms with Gasteiger partial charge in [0.05, 0.1) is 6.61 Å². The van der Waals surface area contributed by atoms with Crippen LogP contribution in [0.2, 0.25) is 0 Å². The monoisotopic (exact) mass is 278 g/mol. The fourth-order valence-corrected chi connectivity index (χ4v) is 1.44. The van der Waals surface area contributed by atoms with Crippen molar-refractivity contribution < 1.29 is 27.4 Å². The molecule has 0 radical (unpaired) electrons. The largest absolute Gasteiger partial charge is 0.573 e. The summed E-state index contributed by atoms with van der Waals surface area (Å²) < 4.78 is 45.3. The van der Waals surface area contributed by atoms with Crippen molar-refractivity contribution in [3.05, 3.63) is 23.0 Å².